The number of alkyl halides is 1. The number of benzene rings is 1. The summed E-state index contributed by atoms with van der Waals surface area (Å²) in [5, 5.41) is 1.75. The van der Waals surface area contributed by atoms with E-state index in [2.05, 4.69) is 46.8 Å². The van der Waals surface area contributed by atoms with Crippen molar-refractivity contribution in [3.63, 3.8) is 0 Å². The van der Waals surface area contributed by atoms with Gasteiger partial charge in [-0.1, -0.05) is 46.6 Å². The molecule has 0 aromatic heterocycles. The molecule has 0 atom stereocenters. The Bertz CT molecular complexity index is 360. The van der Waals surface area contributed by atoms with Gasteiger partial charge in [0.05, 0.1) is 13.2 Å². The molecule has 2 nitrogen and oxygen atoms in total. The lowest BCUT2D eigenvalue weighted by atomic mass is 10.1. The number of rotatable bonds is 8. The molecule has 0 aliphatic carbocycles. The van der Waals surface area contributed by atoms with Crippen molar-refractivity contribution in [2.24, 2.45) is 0 Å². The summed E-state index contributed by atoms with van der Waals surface area (Å²) in [5.74, 6) is 0. The minimum Gasteiger partial charge on any atom is -0.379 e. The first-order valence-electron chi connectivity index (χ1n) is 6.28. The van der Waals surface area contributed by atoms with Crippen molar-refractivity contribution in [1.82, 2.24) is 4.90 Å². The topological polar surface area (TPSA) is 12.5 Å². The SMILES string of the molecule is CCN(CCOCCBr)Cc1ccc(C)cc1Cl. The third-order valence-electron chi connectivity index (χ3n) is 2.82. The Kier molecular flexibility index (Phi) is 7.91. The minimum atomic E-state index is 0.767. The lowest BCUT2D eigenvalue weighted by Crippen LogP contribution is -2.27. The van der Waals surface area contributed by atoms with E-state index in [1.165, 1.54) is 11.1 Å². The van der Waals surface area contributed by atoms with Crippen LogP contribution >= 0.6 is 27.5 Å². The highest BCUT2D eigenvalue weighted by atomic mass is 79.9. The summed E-state index contributed by atoms with van der Waals surface area (Å²) in [7, 11) is 0. The highest BCUT2D eigenvalue weighted by molar-refractivity contribution is 9.09. The zero-order chi connectivity index (χ0) is 13.4. The van der Waals surface area contributed by atoms with Crippen LogP contribution in [0.5, 0.6) is 0 Å². The van der Waals surface area contributed by atoms with Crippen molar-refractivity contribution in [2.75, 3.05) is 31.6 Å². The van der Waals surface area contributed by atoms with Crippen LogP contribution in [0.2, 0.25) is 5.02 Å². The molecule has 1 rings (SSSR count). The second-order valence-corrected chi connectivity index (χ2v) is 5.47. The molecule has 0 heterocycles. The number of nitrogens with zero attached hydrogens (tertiary/aromatic N) is 1. The van der Waals surface area contributed by atoms with Crippen LogP contribution in [-0.4, -0.2) is 36.5 Å². The smallest absolute Gasteiger partial charge is 0.0593 e. The van der Waals surface area contributed by atoms with E-state index in [-0.39, 0.29) is 0 Å². The standard InChI is InChI=1S/C14H21BrClNO/c1-3-17(7-9-18-8-6-15)11-13-5-4-12(2)10-14(13)16/h4-5,10H,3,6-9,11H2,1-2H3. The molecular formula is C14H21BrClNO. The van der Waals surface area contributed by atoms with Crippen LogP contribution in [0.25, 0.3) is 0 Å². The van der Waals surface area contributed by atoms with E-state index >= 15 is 0 Å². The molecule has 0 saturated heterocycles. The van der Waals surface area contributed by atoms with E-state index in [1.54, 1.807) is 0 Å². The number of hydrogen-bond acceptors (Lipinski definition) is 2. The molecule has 4 heteroatoms. The van der Waals surface area contributed by atoms with Gasteiger partial charge in [0.15, 0.2) is 0 Å². The van der Waals surface area contributed by atoms with Gasteiger partial charge in [-0.25, -0.2) is 0 Å². The fourth-order valence-electron chi connectivity index (χ4n) is 1.72. The van der Waals surface area contributed by atoms with Gasteiger partial charge in [0, 0.05) is 23.4 Å². The number of hydrogen-bond donors (Lipinski definition) is 0. The monoisotopic (exact) mass is 333 g/mol. The number of halogens is 2. The van der Waals surface area contributed by atoms with Crippen LogP contribution < -0.4 is 0 Å². The largest absolute Gasteiger partial charge is 0.379 e. The highest BCUT2D eigenvalue weighted by Crippen LogP contribution is 2.19. The van der Waals surface area contributed by atoms with Crippen molar-refractivity contribution in [2.45, 2.75) is 20.4 Å². The second-order valence-electron chi connectivity index (χ2n) is 4.26. The van der Waals surface area contributed by atoms with E-state index in [0.29, 0.717) is 0 Å². The Labute approximate surface area is 123 Å². The quantitative estimate of drug-likeness (QED) is 0.528. The molecule has 1 aromatic carbocycles. The molecule has 0 N–H and O–H groups in total. The summed E-state index contributed by atoms with van der Waals surface area (Å²) < 4.78 is 5.48. The van der Waals surface area contributed by atoms with Crippen LogP contribution in [0.1, 0.15) is 18.1 Å². The van der Waals surface area contributed by atoms with Crippen molar-refractivity contribution in [3.05, 3.63) is 34.3 Å². The molecule has 0 radical (unpaired) electrons. The molecule has 0 spiro atoms. The first kappa shape index (κ1) is 16.0. The Morgan fingerprint density at radius 1 is 1.33 bits per heavy atom. The summed E-state index contributed by atoms with van der Waals surface area (Å²) in [4.78, 5) is 2.34. The normalized spacial score (nSPS) is 11.2. The third-order valence-corrected chi connectivity index (χ3v) is 3.50. The first-order valence-corrected chi connectivity index (χ1v) is 7.78. The molecule has 0 aliphatic rings. The molecule has 18 heavy (non-hydrogen) atoms. The van der Waals surface area contributed by atoms with Gasteiger partial charge in [0.2, 0.25) is 0 Å². The Hall–Kier alpha value is -0.0900. The first-order chi connectivity index (χ1) is 8.67. The molecule has 0 unspecified atom stereocenters. The summed E-state index contributed by atoms with van der Waals surface area (Å²) in [6.45, 7) is 8.57. The van der Waals surface area contributed by atoms with Gasteiger partial charge in [0.1, 0.15) is 0 Å². The molecule has 102 valence electrons. The van der Waals surface area contributed by atoms with Crippen molar-refractivity contribution >= 4 is 27.5 Å². The fourth-order valence-corrected chi connectivity index (χ4v) is 2.24. The summed E-state index contributed by atoms with van der Waals surface area (Å²) in [6.07, 6.45) is 0. The van der Waals surface area contributed by atoms with Crippen molar-refractivity contribution < 1.29 is 4.74 Å². The predicted octanol–water partition coefficient (Wildman–Crippen LogP) is 3.88. The Balaban J connectivity index is 2.46. The van der Waals surface area contributed by atoms with Crippen LogP contribution in [0, 0.1) is 6.92 Å². The highest BCUT2D eigenvalue weighted by Gasteiger charge is 2.07. The maximum Gasteiger partial charge on any atom is 0.0593 e. The molecule has 1 aromatic rings. The van der Waals surface area contributed by atoms with E-state index in [9.17, 15) is 0 Å². The average molecular weight is 335 g/mol. The van der Waals surface area contributed by atoms with Gasteiger partial charge in [0.25, 0.3) is 0 Å². The van der Waals surface area contributed by atoms with Crippen LogP contribution in [0.4, 0.5) is 0 Å². The zero-order valence-electron chi connectivity index (χ0n) is 11.1. The number of aryl methyl sites for hydroxylation is 1. The van der Waals surface area contributed by atoms with E-state index < -0.39 is 0 Å². The third kappa shape index (κ3) is 5.70. The van der Waals surface area contributed by atoms with Gasteiger partial charge >= 0.3 is 0 Å². The minimum absolute atomic E-state index is 0.767. The molecule has 0 aliphatic heterocycles. The van der Waals surface area contributed by atoms with E-state index in [0.717, 1.165) is 43.2 Å². The maximum absolute atomic E-state index is 6.25. The second kappa shape index (κ2) is 8.92. The number of ether oxygens (including phenoxy) is 1. The van der Waals surface area contributed by atoms with Crippen molar-refractivity contribution in [3.8, 4) is 0 Å². The molecule has 0 amide bonds. The van der Waals surface area contributed by atoms with Gasteiger partial charge in [-0.3, -0.25) is 4.90 Å². The Morgan fingerprint density at radius 2 is 2.11 bits per heavy atom. The molecule has 0 fully saturated rings. The molecular weight excluding hydrogens is 314 g/mol. The predicted molar refractivity (Wildman–Crippen MR) is 81.8 cm³/mol. The summed E-state index contributed by atoms with van der Waals surface area (Å²) >= 11 is 9.60. The van der Waals surface area contributed by atoms with Crippen molar-refractivity contribution in [1.29, 1.82) is 0 Å². The summed E-state index contributed by atoms with van der Waals surface area (Å²) in [6, 6.07) is 6.24. The lowest BCUT2D eigenvalue weighted by Gasteiger charge is -2.21. The van der Waals surface area contributed by atoms with E-state index in [1.807, 2.05) is 6.07 Å². The lowest BCUT2D eigenvalue weighted by molar-refractivity contribution is 0.115. The summed E-state index contributed by atoms with van der Waals surface area (Å²) in [5.41, 5.74) is 2.39. The Morgan fingerprint density at radius 3 is 2.72 bits per heavy atom. The van der Waals surface area contributed by atoms with Crippen LogP contribution in [0.15, 0.2) is 18.2 Å². The van der Waals surface area contributed by atoms with Gasteiger partial charge in [-0.2, -0.15) is 0 Å². The van der Waals surface area contributed by atoms with Gasteiger partial charge in [-0.15, -0.1) is 0 Å². The van der Waals surface area contributed by atoms with E-state index in [4.69, 9.17) is 16.3 Å². The molecule has 0 saturated carbocycles. The van der Waals surface area contributed by atoms with Gasteiger partial charge in [-0.05, 0) is 30.7 Å². The van der Waals surface area contributed by atoms with Crippen LogP contribution in [0.3, 0.4) is 0 Å². The fraction of sp³-hybridized carbons (Fsp3) is 0.571. The number of likely N-dealkylation sites (N-methyl/N-ethyl adjacent to an activating group) is 1. The maximum atomic E-state index is 6.25. The molecule has 0 bridgehead atoms. The average Bonchev–Trinajstić information content (AvgIpc) is 2.35. The zero-order valence-corrected chi connectivity index (χ0v) is 13.4. The van der Waals surface area contributed by atoms with Crippen LogP contribution in [-0.2, 0) is 11.3 Å². The van der Waals surface area contributed by atoms with Gasteiger partial charge < -0.3 is 4.74 Å².